The van der Waals surface area contributed by atoms with Gasteiger partial charge in [0.2, 0.25) is 0 Å². The minimum atomic E-state index is 0.561. The second kappa shape index (κ2) is 8.41. The van der Waals surface area contributed by atoms with Crippen LogP contribution < -0.4 is 10.1 Å². The van der Waals surface area contributed by atoms with E-state index in [4.69, 9.17) is 9.84 Å². The van der Waals surface area contributed by atoms with Gasteiger partial charge in [0.25, 0.3) is 0 Å². The first kappa shape index (κ1) is 18.4. The van der Waals surface area contributed by atoms with E-state index in [1.165, 1.54) is 5.56 Å². The lowest BCUT2D eigenvalue weighted by atomic mass is 10.0. The van der Waals surface area contributed by atoms with Crippen LogP contribution in [0, 0.1) is 0 Å². The van der Waals surface area contributed by atoms with Crippen LogP contribution in [0.15, 0.2) is 79.1 Å². The summed E-state index contributed by atoms with van der Waals surface area (Å²) in [5, 5.41) is 8.58. The smallest absolute Gasteiger partial charge is 0.133 e. The minimum absolute atomic E-state index is 0.561. The van der Waals surface area contributed by atoms with Crippen LogP contribution in [0.1, 0.15) is 24.0 Å². The predicted octanol–water partition coefficient (Wildman–Crippen LogP) is 5.26. The van der Waals surface area contributed by atoms with Crippen LogP contribution in [0.25, 0.3) is 16.9 Å². The van der Waals surface area contributed by atoms with Crippen LogP contribution in [-0.4, -0.2) is 21.3 Å². The molecule has 1 aliphatic heterocycles. The molecule has 0 aliphatic carbocycles. The summed E-state index contributed by atoms with van der Waals surface area (Å²) >= 11 is 0. The van der Waals surface area contributed by atoms with Gasteiger partial charge in [0.05, 0.1) is 11.4 Å². The van der Waals surface area contributed by atoms with Gasteiger partial charge in [0, 0.05) is 30.1 Å². The molecule has 0 fully saturated rings. The quantitative estimate of drug-likeness (QED) is 0.500. The first-order valence-corrected chi connectivity index (χ1v) is 10.4. The molecule has 0 spiro atoms. The van der Waals surface area contributed by atoms with E-state index in [-0.39, 0.29) is 0 Å². The van der Waals surface area contributed by atoms with Crippen molar-refractivity contribution in [3.05, 3.63) is 90.3 Å². The average molecular weight is 396 g/mol. The van der Waals surface area contributed by atoms with Crippen LogP contribution in [0.3, 0.4) is 0 Å². The third-order valence-corrected chi connectivity index (χ3v) is 5.41. The number of aromatic nitrogens is 3. The zero-order valence-corrected chi connectivity index (χ0v) is 16.8. The minimum Gasteiger partial charge on any atom is -0.489 e. The molecule has 5 nitrogen and oxygen atoms in total. The molecule has 2 aromatic heterocycles. The maximum absolute atomic E-state index is 5.94. The van der Waals surface area contributed by atoms with Crippen molar-refractivity contribution < 1.29 is 4.74 Å². The SMILES string of the molecule is c1ccc(COc2ccc(-n3nc(-c4ccncc4)c4c3NCCCC4)cc2)cc1. The van der Waals surface area contributed by atoms with E-state index >= 15 is 0 Å². The number of benzene rings is 2. The maximum Gasteiger partial charge on any atom is 0.133 e. The summed E-state index contributed by atoms with van der Waals surface area (Å²) in [5.74, 6) is 1.94. The number of fused-ring (bicyclic) bond motifs is 1. The van der Waals surface area contributed by atoms with Gasteiger partial charge in [-0.15, -0.1) is 0 Å². The molecule has 0 bridgehead atoms. The van der Waals surface area contributed by atoms with Gasteiger partial charge >= 0.3 is 0 Å². The number of anilines is 1. The van der Waals surface area contributed by atoms with E-state index in [0.29, 0.717) is 6.61 Å². The summed E-state index contributed by atoms with van der Waals surface area (Å²) in [7, 11) is 0. The molecule has 0 radical (unpaired) electrons. The van der Waals surface area contributed by atoms with Gasteiger partial charge in [-0.3, -0.25) is 4.98 Å². The standard InChI is InChI=1S/C25H24N4O/c1-2-6-19(7-3-1)18-30-22-11-9-21(10-12-22)29-25-23(8-4-5-15-27-25)24(28-29)20-13-16-26-17-14-20/h1-3,6-7,9-14,16-17,27H,4-5,8,15,18H2. The zero-order valence-electron chi connectivity index (χ0n) is 16.8. The van der Waals surface area contributed by atoms with Crippen LogP contribution in [0.2, 0.25) is 0 Å². The molecule has 150 valence electrons. The lowest BCUT2D eigenvalue weighted by Gasteiger charge is -2.11. The third kappa shape index (κ3) is 3.79. The molecule has 5 heteroatoms. The lowest BCUT2D eigenvalue weighted by Crippen LogP contribution is -2.07. The fourth-order valence-corrected chi connectivity index (χ4v) is 3.86. The van der Waals surface area contributed by atoms with Crippen molar-refractivity contribution in [3.8, 4) is 22.7 Å². The highest BCUT2D eigenvalue weighted by Crippen LogP contribution is 2.34. The van der Waals surface area contributed by atoms with E-state index in [2.05, 4.69) is 34.6 Å². The number of rotatable bonds is 5. The van der Waals surface area contributed by atoms with Crippen molar-refractivity contribution in [3.63, 3.8) is 0 Å². The first-order valence-electron chi connectivity index (χ1n) is 10.4. The van der Waals surface area contributed by atoms with Gasteiger partial charge < -0.3 is 10.1 Å². The topological polar surface area (TPSA) is 52.0 Å². The summed E-state index contributed by atoms with van der Waals surface area (Å²) < 4.78 is 7.96. The number of ether oxygens (including phenoxy) is 1. The van der Waals surface area contributed by atoms with Gasteiger partial charge in [0.15, 0.2) is 0 Å². The van der Waals surface area contributed by atoms with E-state index < -0.39 is 0 Å². The molecule has 0 unspecified atom stereocenters. The lowest BCUT2D eigenvalue weighted by molar-refractivity contribution is 0.306. The van der Waals surface area contributed by atoms with E-state index in [1.807, 2.05) is 59.5 Å². The van der Waals surface area contributed by atoms with Gasteiger partial charge in [-0.2, -0.15) is 5.10 Å². The Kier molecular flexibility index (Phi) is 5.17. The molecule has 1 aliphatic rings. The molecule has 5 rings (SSSR count). The van der Waals surface area contributed by atoms with Crippen LogP contribution in [0.4, 0.5) is 5.82 Å². The number of pyridine rings is 1. The maximum atomic E-state index is 5.94. The summed E-state index contributed by atoms with van der Waals surface area (Å²) in [6.07, 6.45) is 7.00. The molecular weight excluding hydrogens is 372 g/mol. The number of nitrogens with one attached hydrogen (secondary N) is 1. The first-order chi connectivity index (χ1) is 14.9. The second-order valence-corrected chi connectivity index (χ2v) is 7.48. The Morgan fingerprint density at radius 1 is 0.900 bits per heavy atom. The van der Waals surface area contributed by atoms with E-state index in [1.54, 1.807) is 0 Å². The normalized spacial score (nSPS) is 13.2. The number of hydrogen-bond donors (Lipinski definition) is 1. The highest BCUT2D eigenvalue weighted by Gasteiger charge is 2.21. The van der Waals surface area contributed by atoms with Gasteiger partial charge in [-0.1, -0.05) is 30.3 Å². The Morgan fingerprint density at radius 3 is 2.50 bits per heavy atom. The molecule has 30 heavy (non-hydrogen) atoms. The predicted molar refractivity (Wildman–Crippen MR) is 119 cm³/mol. The van der Waals surface area contributed by atoms with Crippen molar-refractivity contribution in [1.82, 2.24) is 14.8 Å². The van der Waals surface area contributed by atoms with Crippen molar-refractivity contribution in [2.75, 3.05) is 11.9 Å². The van der Waals surface area contributed by atoms with E-state index in [0.717, 1.165) is 59.9 Å². The van der Waals surface area contributed by atoms with Crippen LogP contribution >= 0.6 is 0 Å². The molecule has 0 amide bonds. The van der Waals surface area contributed by atoms with Crippen molar-refractivity contribution in [2.24, 2.45) is 0 Å². The fourth-order valence-electron chi connectivity index (χ4n) is 3.86. The summed E-state index contributed by atoms with van der Waals surface area (Å²) in [6, 6.07) is 22.4. The molecule has 2 aromatic carbocycles. The molecule has 0 saturated heterocycles. The number of hydrogen-bond acceptors (Lipinski definition) is 4. The molecule has 0 saturated carbocycles. The van der Waals surface area contributed by atoms with Crippen molar-refractivity contribution in [2.45, 2.75) is 25.9 Å². The Hall–Kier alpha value is -3.60. The summed E-state index contributed by atoms with van der Waals surface area (Å²) in [6.45, 7) is 1.53. The third-order valence-electron chi connectivity index (χ3n) is 5.41. The summed E-state index contributed by atoms with van der Waals surface area (Å²) in [4.78, 5) is 4.15. The highest BCUT2D eigenvalue weighted by molar-refractivity contribution is 5.71. The molecular formula is C25H24N4O. The Morgan fingerprint density at radius 2 is 1.70 bits per heavy atom. The molecule has 4 aromatic rings. The van der Waals surface area contributed by atoms with Crippen LogP contribution in [-0.2, 0) is 13.0 Å². The van der Waals surface area contributed by atoms with Gasteiger partial charge in [0.1, 0.15) is 18.2 Å². The highest BCUT2D eigenvalue weighted by atomic mass is 16.5. The zero-order chi connectivity index (χ0) is 20.2. The Balaban J connectivity index is 1.44. The van der Waals surface area contributed by atoms with Crippen molar-refractivity contribution >= 4 is 5.82 Å². The Bertz CT molecular complexity index is 1110. The fraction of sp³-hybridized carbons (Fsp3) is 0.200. The molecule has 1 N–H and O–H groups in total. The largest absolute Gasteiger partial charge is 0.489 e. The molecule has 0 atom stereocenters. The van der Waals surface area contributed by atoms with Crippen molar-refractivity contribution in [1.29, 1.82) is 0 Å². The van der Waals surface area contributed by atoms with Crippen LogP contribution in [0.5, 0.6) is 5.75 Å². The summed E-state index contributed by atoms with van der Waals surface area (Å²) in [5.41, 5.74) is 5.60. The molecule has 3 heterocycles. The average Bonchev–Trinajstić information content (AvgIpc) is 3.00. The van der Waals surface area contributed by atoms with Gasteiger partial charge in [-0.05, 0) is 61.2 Å². The second-order valence-electron chi connectivity index (χ2n) is 7.48. The number of nitrogens with zero attached hydrogens (tertiary/aromatic N) is 3. The van der Waals surface area contributed by atoms with E-state index in [9.17, 15) is 0 Å². The monoisotopic (exact) mass is 396 g/mol. The van der Waals surface area contributed by atoms with Gasteiger partial charge in [-0.25, -0.2) is 4.68 Å². The Labute approximate surface area is 176 Å².